The first-order chi connectivity index (χ1) is 6.61. The van der Waals surface area contributed by atoms with Gasteiger partial charge in [-0.2, -0.15) is 5.10 Å². The first-order valence-corrected chi connectivity index (χ1v) is 4.50. The molecule has 2 aromatic heterocycles. The van der Waals surface area contributed by atoms with Gasteiger partial charge >= 0.3 is 0 Å². The molecule has 2 rings (SSSR count). The lowest BCUT2D eigenvalue weighted by Crippen LogP contribution is -2.23. The van der Waals surface area contributed by atoms with E-state index in [0.717, 1.165) is 0 Å². The Bertz CT molecular complexity index is 523. The normalized spacial score (nSPS) is 11.4. The molecule has 0 bridgehead atoms. The second kappa shape index (κ2) is 2.94. The number of hydrogen-bond donors (Lipinski definition) is 0. The average Bonchev–Trinajstić information content (AvgIpc) is 2.48. The van der Waals surface area contributed by atoms with Crippen molar-refractivity contribution in [3.05, 3.63) is 22.9 Å². The largest absolute Gasteiger partial charge is 0.295 e. The third-order valence-corrected chi connectivity index (χ3v) is 2.23. The molecule has 2 heterocycles. The highest BCUT2D eigenvalue weighted by Crippen LogP contribution is 2.06. The topological polar surface area (TPSA) is 52.7 Å². The number of rotatable bonds is 1. The summed E-state index contributed by atoms with van der Waals surface area (Å²) in [6.45, 7) is 3.90. The van der Waals surface area contributed by atoms with Gasteiger partial charge in [0.2, 0.25) is 0 Å². The van der Waals surface area contributed by atoms with Crippen LogP contribution in [0.2, 0.25) is 0 Å². The summed E-state index contributed by atoms with van der Waals surface area (Å²) in [6.07, 6.45) is 3.17. The maximum absolute atomic E-state index is 11.9. The highest BCUT2D eigenvalue weighted by atomic mass is 16.1. The van der Waals surface area contributed by atoms with Crippen LogP contribution in [0.5, 0.6) is 0 Å². The minimum Gasteiger partial charge on any atom is -0.295 e. The third kappa shape index (κ3) is 1.13. The van der Waals surface area contributed by atoms with Gasteiger partial charge in [-0.15, -0.1) is 0 Å². The molecule has 0 saturated heterocycles. The third-order valence-electron chi connectivity index (χ3n) is 2.23. The molecule has 74 valence electrons. The maximum atomic E-state index is 11.9. The van der Waals surface area contributed by atoms with Crippen molar-refractivity contribution < 1.29 is 0 Å². The summed E-state index contributed by atoms with van der Waals surface area (Å²) in [7, 11) is 1.75. The number of aromatic nitrogens is 4. The second-order valence-electron chi connectivity index (χ2n) is 3.55. The summed E-state index contributed by atoms with van der Waals surface area (Å²) >= 11 is 0. The Morgan fingerprint density at radius 3 is 2.79 bits per heavy atom. The molecule has 0 N–H and O–H groups in total. The van der Waals surface area contributed by atoms with Crippen LogP contribution in [0.4, 0.5) is 0 Å². The van der Waals surface area contributed by atoms with Gasteiger partial charge in [-0.05, 0) is 13.8 Å². The average molecular weight is 192 g/mol. The standard InChI is InChI=1S/C9H12N4O/c1-6(2)13-5-10-7-4-11-12(3)8(7)9(13)14/h4-6H,1-3H3. The number of hydrogen-bond acceptors (Lipinski definition) is 3. The molecule has 2 aromatic rings. The summed E-state index contributed by atoms with van der Waals surface area (Å²) in [5, 5.41) is 4.00. The molecule has 0 aliphatic carbocycles. The lowest BCUT2D eigenvalue weighted by molar-refractivity contribution is 0.570. The van der Waals surface area contributed by atoms with E-state index in [0.29, 0.717) is 11.0 Å². The molecule has 0 aromatic carbocycles. The van der Waals surface area contributed by atoms with Crippen LogP contribution in [-0.4, -0.2) is 19.3 Å². The van der Waals surface area contributed by atoms with Gasteiger partial charge in [0.05, 0.1) is 12.5 Å². The van der Waals surface area contributed by atoms with E-state index >= 15 is 0 Å². The molecule has 0 radical (unpaired) electrons. The van der Waals surface area contributed by atoms with E-state index in [-0.39, 0.29) is 11.6 Å². The van der Waals surface area contributed by atoms with Crippen molar-refractivity contribution in [3.63, 3.8) is 0 Å². The van der Waals surface area contributed by atoms with Gasteiger partial charge in [0.15, 0.2) is 5.52 Å². The molecule has 5 heteroatoms. The van der Waals surface area contributed by atoms with Gasteiger partial charge in [0.1, 0.15) is 5.52 Å². The molecule has 0 unspecified atom stereocenters. The highest BCUT2D eigenvalue weighted by Gasteiger charge is 2.09. The van der Waals surface area contributed by atoms with Crippen molar-refractivity contribution in [2.24, 2.45) is 7.05 Å². The van der Waals surface area contributed by atoms with Gasteiger partial charge < -0.3 is 0 Å². The van der Waals surface area contributed by atoms with Gasteiger partial charge in [-0.1, -0.05) is 0 Å². The Morgan fingerprint density at radius 2 is 2.14 bits per heavy atom. The van der Waals surface area contributed by atoms with E-state index in [9.17, 15) is 4.79 Å². The Labute approximate surface area is 81.0 Å². The number of nitrogens with zero attached hydrogens (tertiary/aromatic N) is 4. The van der Waals surface area contributed by atoms with Crippen LogP contribution in [0.1, 0.15) is 19.9 Å². The van der Waals surface area contributed by atoms with Crippen LogP contribution in [0, 0.1) is 0 Å². The highest BCUT2D eigenvalue weighted by molar-refractivity contribution is 5.72. The van der Waals surface area contributed by atoms with Crippen LogP contribution in [0.3, 0.4) is 0 Å². The molecule has 0 spiro atoms. The van der Waals surface area contributed by atoms with Crippen LogP contribution < -0.4 is 5.56 Å². The first kappa shape index (κ1) is 8.93. The first-order valence-electron chi connectivity index (χ1n) is 4.50. The van der Waals surface area contributed by atoms with Crippen molar-refractivity contribution in [2.75, 3.05) is 0 Å². The fourth-order valence-corrected chi connectivity index (χ4v) is 1.44. The van der Waals surface area contributed by atoms with E-state index in [4.69, 9.17) is 0 Å². The van der Waals surface area contributed by atoms with Crippen molar-refractivity contribution in [3.8, 4) is 0 Å². The van der Waals surface area contributed by atoms with E-state index in [2.05, 4.69) is 10.1 Å². The summed E-state index contributed by atoms with van der Waals surface area (Å²) in [6, 6.07) is 0.120. The summed E-state index contributed by atoms with van der Waals surface area (Å²) in [4.78, 5) is 16.1. The number of aryl methyl sites for hydroxylation is 1. The van der Waals surface area contributed by atoms with Gasteiger partial charge in [0, 0.05) is 13.1 Å². The molecule has 14 heavy (non-hydrogen) atoms. The zero-order chi connectivity index (χ0) is 10.3. The van der Waals surface area contributed by atoms with Gasteiger partial charge in [-0.25, -0.2) is 4.98 Å². The fourth-order valence-electron chi connectivity index (χ4n) is 1.44. The van der Waals surface area contributed by atoms with Gasteiger partial charge in [-0.3, -0.25) is 14.0 Å². The van der Waals surface area contributed by atoms with E-state index in [1.54, 1.807) is 28.8 Å². The summed E-state index contributed by atoms with van der Waals surface area (Å²) < 4.78 is 3.16. The molecular formula is C9H12N4O. The predicted octanol–water partition coefficient (Wildman–Crippen LogP) is 0.711. The van der Waals surface area contributed by atoms with Crippen molar-refractivity contribution in [1.29, 1.82) is 0 Å². The Hall–Kier alpha value is -1.65. The molecule has 0 atom stereocenters. The summed E-state index contributed by atoms with van der Waals surface area (Å²) in [5.74, 6) is 0. The minimum absolute atomic E-state index is 0.0370. The molecule has 0 fully saturated rings. The molecule has 0 amide bonds. The zero-order valence-electron chi connectivity index (χ0n) is 8.43. The Kier molecular flexibility index (Phi) is 1.87. The smallest absolute Gasteiger partial charge is 0.279 e. The molecular weight excluding hydrogens is 180 g/mol. The fraction of sp³-hybridized carbons (Fsp3) is 0.444. The summed E-state index contributed by atoms with van der Waals surface area (Å²) in [5.41, 5.74) is 1.17. The SMILES string of the molecule is CC(C)n1cnc2cnn(C)c2c1=O. The van der Waals surface area contributed by atoms with Crippen LogP contribution in [0.25, 0.3) is 11.0 Å². The van der Waals surface area contributed by atoms with Gasteiger partial charge in [0.25, 0.3) is 5.56 Å². The van der Waals surface area contributed by atoms with Crippen molar-refractivity contribution >= 4 is 11.0 Å². The zero-order valence-corrected chi connectivity index (χ0v) is 8.43. The molecule has 0 aliphatic rings. The lowest BCUT2D eigenvalue weighted by Gasteiger charge is -2.08. The van der Waals surface area contributed by atoms with E-state index < -0.39 is 0 Å². The monoisotopic (exact) mass is 192 g/mol. The maximum Gasteiger partial charge on any atom is 0.279 e. The number of fused-ring (bicyclic) bond motifs is 1. The Balaban J connectivity index is 2.86. The molecule has 5 nitrogen and oxygen atoms in total. The second-order valence-corrected chi connectivity index (χ2v) is 3.55. The molecule has 0 saturated carbocycles. The van der Waals surface area contributed by atoms with Crippen molar-refractivity contribution in [2.45, 2.75) is 19.9 Å². The minimum atomic E-state index is -0.0370. The Morgan fingerprint density at radius 1 is 1.43 bits per heavy atom. The van der Waals surface area contributed by atoms with Crippen molar-refractivity contribution in [1.82, 2.24) is 19.3 Å². The van der Waals surface area contributed by atoms with E-state index in [1.165, 1.54) is 0 Å². The predicted molar refractivity (Wildman–Crippen MR) is 53.2 cm³/mol. The van der Waals surface area contributed by atoms with Crippen LogP contribution >= 0.6 is 0 Å². The molecule has 0 aliphatic heterocycles. The van der Waals surface area contributed by atoms with Crippen LogP contribution in [-0.2, 0) is 7.05 Å². The van der Waals surface area contributed by atoms with Crippen LogP contribution in [0.15, 0.2) is 17.3 Å². The van der Waals surface area contributed by atoms with E-state index in [1.807, 2.05) is 13.8 Å². The lowest BCUT2D eigenvalue weighted by atomic mass is 10.3. The quantitative estimate of drug-likeness (QED) is 0.668.